The Balaban J connectivity index is 1.65. The Kier molecular flexibility index (Phi) is 10.9. The van der Waals surface area contributed by atoms with Gasteiger partial charge in [0.25, 0.3) is 0 Å². The number of nitrogens with zero attached hydrogens (tertiary/aromatic N) is 1. The summed E-state index contributed by atoms with van der Waals surface area (Å²) < 4.78 is 10.5. The number of carbonyl (C=O) groups excluding carboxylic acids is 2. The summed E-state index contributed by atoms with van der Waals surface area (Å²) >= 11 is 1.89. The summed E-state index contributed by atoms with van der Waals surface area (Å²) in [6.45, 7) is 2.12. The van der Waals surface area contributed by atoms with E-state index < -0.39 is 0 Å². The predicted molar refractivity (Wildman–Crippen MR) is 106 cm³/mol. The molecule has 2 fully saturated rings. The highest BCUT2D eigenvalue weighted by Crippen LogP contribution is 2.33. The first-order chi connectivity index (χ1) is 13.7. The van der Waals surface area contributed by atoms with Crippen molar-refractivity contribution in [1.82, 2.24) is 15.5 Å². The highest BCUT2D eigenvalue weighted by Gasteiger charge is 2.42. The predicted octanol–water partition coefficient (Wildman–Crippen LogP) is -0.441. The third-order valence-electron chi connectivity index (χ3n) is 4.90. The maximum atomic E-state index is 12.5. The van der Waals surface area contributed by atoms with Crippen molar-refractivity contribution in [2.75, 3.05) is 58.5 Å². The van der Waals surface area contributed by atoms with Gasteiger partial charge in [-0.25, -0.2) is 4.79 Å². The molecular weight excluding hydrogens is 386 g/mol. The topological polar surface area (TPSA) is 120 Å². The molecule has 4 N–H and O–H groups in total. The van der Waals surface area contributed by atoms with Gasteiger partial charge < -0.3 is 35.2 Å². The van der Waals surface area contributed by atoms with Crippen molar-refractivity contribution >= 4 is 23.7 Å². The molecule has 9 nitrogen and oxygen atoms in total. The first-order valence-electron chi connectivity index (χ1n) is 9.99. The van der Waals surface area contributed by atoms with E-state index >= 15 is 0 Å². The second-order valence-corrected chi connectivity index (χ2v) is 8.19. The number of thioether (sulfide) groups is 1. The summed E-state index contributed by atoms with van der Waals surface area (Å²) in [5, 5.41) is 23.9. The van der Waals surface area contributed by atoms with Gasteiger partial charge in [-0.1, -0.05) is 6.42 Å². The molecule has 0 bridgehead atoms. The summed E-state index contributed by atoms with van der Waals surface area (Å²) in [4.78, 5) is 25.7. The van der Waals surface area contributed by atoms with E-state index in [1.54, 1.807) is 4.90 Å². The van der Waals surface area contributed by atoms with E-state index in [4.69, 9.17) is 19.7 Å². The summed E-state index contributed by atoms with van der Waals surface area (Å²) in [6.07, 6.45) is 3.20. The minimum atomic E-state index is -0.0713. The number of aliphatic hydroxyl groups excluding tert-OH is 2. The SMILES string of the molecule is O=C1N[C@H]2CSC(CCCCC(=O)N(CCOCCO)CCOCCO)[C@H]2N1. The number of amides is 3. The maximum absolute atomic E-state index is 12.5. The largest absolute Gasteiger partial charge is 0.394 e. The molecule has 0 spiro atoms. The molecule has 3 amide bonds. The molecule has 162 valence electrons. The Labute approximate surface area is 170 Å². The van der Waals surface area contributed by atoms with Gasteiger partial charge in [0.2, 0.25) is 5.91 Å². The number of nitrogens with one attached hydrogen (secondary N) is 2. The molecule has 0 aromatic carbocycles. The Morgan fingerprint density at radius 3 is 2.39 bits per heavy atom. The van der Waals surface area contributed by atoms with Crippen molar-refractivity contribution in [3.05, 3.63) is 0 Å². The van der Waals surface area contributed by atoms with E-state index in [2.05, 4.69) is 10.6 Å². The zero-order valence-corrected chi connectivity index (χ0v) is 17.1. The van der Waals surface area contributed by atoms with Gasteiger partial charge >= 0.3 is 6.03 Å². The fraction of sp³-hybridized carbons (Fsp3) is 0.889. The van der Waals surface area contributed by atoms with E-state index in [-0.39, 0.29) is 50.4 Å². The minimum Gasteiger partial charge on any atom is -0.394 e. The quantitative estimate of drug-likeness (QED) is 0.210. The summed E-state index contributed by atoms with van der Waals surface area (Å²) in [6, 6.07) is 0.368. The number of rotatable bonds is 15. The van der Waals surface area contributed by atoms with Gasteiger partial charge in [-0.15, -0.1) is 0 Å². The number of aliphatic hydroxyl groups is 2. The maximum Gasteiger partial charge on any atom is 0.315 e. The fourth-order valence-electron chi connectivity index (χ4n) is 3.47. The van der Waals surface area contributed by atoms with Crippen LogP contribution in [0.4, 0.5) is 4.79 Å². The molecule has 2 rings (SSSR count). The van der Waals surface area contributed by atoms with Gasteiger partial charge in [-0.2, -0.15) is 11.8 Å². The van der Waals surface area contributed by atoms with Crippen molar-refractivity contribution in [3.63, 3.8) is 0 Å². The molecule has 2 aliphatic heterocycles. The molecule has 0 aliphatic carbocycles. The average Bonchev–Trinajstić information content (AvgIpc) is 3.23. The fourth-order valence-corrected chi connectivity index (χ4v) is 5.01. The van der Waals surface area contributed by atoms with Crippen LogP contribution in [0.15, 0.2) is 0 Å². The molecule has 2 heterocycles. The van der Waals surface area contributed by atoms with Crippen molar-refractivity contribution < 1.29 is 29.3 Å². The molecule has 2 aliphatic rings. The molecule has 2 saturated heterocycles. The molecule has 0 radical (unpaired) electrons. The highest BCUT2D eigenvalue weighted by atomic mass is 32.2. The number of urea groups is 1. The molecule has 0 aromatic heterocycles. The first kappa shape index (κ1) is 23.2. The van der Waals surface area contributed by atoms with Crippen molar-refractivity contribution in [2.24, 2.45) is 0 Å². The summed E-state index contributed by atoms with van der Waals surface area (Å²) in [5.41, 5.74) is 0. The van der Waals surface area contributed by atoms with E-state index in [1.807, 2.05) is 11.8 Å². The highest BCUT2D eigenvalue weighted by molar-refractivity contribution is 8.00. The van der Waals surface area contributed by atoms with Crippen LogP contribution in [0.2, 0.25) is 0 Å². The van der Waals surface area contributed by atoms with Crippen LogP contribution in [0.5, 0.6) is 0 Å². The lowest BCUT2D eigenvalue weighted by molar-refractivity contribution is -0.133. The van der Waals surface area contributed by atoms with Gasteiger partial charge in [-0.3, -0.25) is 4.79 Å². The number of ether oxygens (including phenoxy) is 2. The van der Waals surface area contributed by atoms with Gasteiger partial charge in [0.15, 0.2) is 0 Å². The van der Waals surface area contributed by atoms with Crippen LogP contribution in [0.3, 0.4) is 0 Å². The number of unbranched alkanes of at least 4 members (excludes halogenated alkanes) is 1. The van der Waals surface area contributed by atoms with E-state index in [0.29, 0.717) is 38.0 Å². The lowest BCUT2D eigenvalue weighted by Gasteiger charge is -2.23. The van der Waals surface area contributed by atoms with Crippen LogP contribution in [0.1, 0.15) is 25.7 Å². The molecule has 3 atom stereocenters. The Morgan fingerprint density at radius 2 is 1.75 bits per heavy atom. The summed E-state index contributed by atoms with van der Waals surface area (Å²) in [7, 11) is 0. The molecular formula is C18H33N3O6S. The number of carbonyl (C=O) groups is 2. The molecule has 0 saturated carbocycles. The van der Waals surface area contributed by atoms with Crippen LogP contribution >= 0.6 is 11.8 Å². The molecule has 0 aromatic rings. The average molecular weight is 420 g/mol. The number of hydrogen-bond donors (Lipinski definition) is 4. The van der Waals surface area contributed by atoms with Crippen LogP contribution in [0, 0.1) is 0 Å². The molecule has 28 heavy (non-hydrogen) atoms. The normalized spacial score (nSPS) is 23.4. The first-order valence-corrected chi connectivity index (χ1v) is 11.0. The second-order valence-electron chi connectivity index (χ2n) is 6.92. The zero-order valence-electron chi connectivity index (χ0n) is 16.3. The van der Waals surface area contributed by atoms with Crippen LogP contribution in [-0.2, 0) is 14.3 Å². The standard InChI is InChI=1S/C18H33N3O6S/c22-7-11-26-9-5-21(6-10-27-12-8-23)16(24)4-2-1-3-15-17-14(13-28-15)19-18(25)20-17/h14-15,17,22-23H,1-13H2,(H2,19,20,25)/t14-,15?,17-/m0/s1. The van der Waals surface area contributed by atoms with E-state index in [1.165, 1.54) is 0 Å². The summed E-state index contributed by atoms with van der Waals surface area (Å²) in [5.74, 6) is 1.01. The Bertz CT molecular complexity index is 472. The lowest BCUT2D eigenvalue weighted by atomic mass is 10.0. The van der Waals surface area contributed by atoms with Crippen LogP contribution in [-0.4, -0.2) is 103 Å². The van der Waals surface area contributed by atoms with Crippen LogP contribution < -0.4 is 10.6 Å². The van der Waals surface area contributed by atoms with E-state index in [0.717, 1.165) is 25.0 Å². The Morgan fingerprint density at radius 1 is 1.07 bits per heavy atom. The third kappa shape index (κ3) is 7.75. The number of hydrogen-bond acceptors (Lipinski definition) is 7. The molecule has 1 unspecified atom stereocenters. The van der Waals surface area contributed by atoms with Crippen molar-refractivity contribution in [3.8, 4) is 0 Å². The smallest absolute Gasteiger partial charge is 0.315 e. The van der Waals surface area contributed by atoms with E-state index in [9.17, 15) is 9.59 Å². The van der Waals surface area contributed by atoms with Gasteiger partial charge in [0.05, 0.1) is 51.7 Å². The minimum absolute atomic E-state index is 0.0371. The molecule has 10 heteroatoms. The van der Waals surface area contributed by atoms with Crippen molar-refractivity contribution in [2.45, 2.75) is 43.0 Å². The monoisotopic (exact) mass is 419 g/mol. The second kappa shape index (κ2) is 13.2. The van der Waals surface area contributed by atoms with Crippen LogP contribution in [0.25, 0.3) is 0 Å². The lowest BCUT2D eigenvalue weighted by Crippen LogP contribution is -2.37. The third-order valence-corrected chi connectivity index (χ3v) is 6.41. The number of fused-ring (bicyclic) bond motifs is 1. The van der Waals surface area contributed by atoms with Gasteiger partial charge in [0, 0.05) is 30.5 Å². The zero-order chi connectivity index (χ0) is 20.2. The van der Waals surface area contributed by atoms with Crippen molar-refractivity contribution in [1.29, 1.82) is 0 Å². The van der Waals surface area contributed by atoms with Gasteiger partial charge in [-0.05, 0) is 12.8 Å². The Hall–Kier alpha value is -1.07. The van der Waals surface area contributed by atoms with Gasteiger partial charge in [0.1, 0.15) is 0 Å².